The van der Waals surface area contributed by atoms with E-state index in [1.165, 1.54) is 39.0 Å². The van der Waals surface area contributed by atoms with Gasteiger partial charge in [0.05, 0.1) is 24.4 Å². The third-order valence-electron chi connectivity index (χ3n) is 8.55. The van der Waals surface area contributed by atoms with Crippen LogP contribution in [0, 0.1) is 11.6 Å². The van der Waals surface area contributed by atoms with Crippen molar-refractivity contribution in [3.05, 3.63) is 113 Å². The molecule has 2 N–H and O–H groups in total. The minimum atomic E-state index is -1.84. The minimum absolute atomic E-state index is 0.106. The number of anilines is 2. The summed E-state index contributed by atoms with van der Waals surface area (Å²) in [6, 6.07) is 17.8. The van der Waals surface area contributed by atoms with Gasteiger partial charge in [-0.15, -0.1) is 0 Å². The van der Waals surface area contributed by atoms with Gasteiger partial charge >= 0.3 is 5.69 Å². The van der Waals surface area contributed by atoms with E-state index in [0.717, 1.165) is 49.7 Å². The first-order chi connectivity index (χ1) is 22.6. The number of nitrogens with zero attached hydrogens (tertiary/aromatic N) is 8. The Balaban J connectivity index is 1.06. The van der Waals surface area contributed by atoms with Crippen molar-refractivity contribution in [2.45, 2.75) is 38.1 Å². The van der Waals surface area contributed by atoms with E-state index in [4.69, 9.17) is 4.74 Å². The van der Waals surface area contributed by atoms with Crippen molar-refractivity contribution in [3.63, 3.8) is 0 Å². The van der Waals surface area contributed by atoms with Gasteiger partial charge in [-0.2, -0.15) is 10.2 Å². The van der Waals surface area contributed by atoms with Gasteiger partial charge in [0, 0.05) is 49.2 Å². The van der Waals surface area contributed by atoms with Crippen molar-refractivity contribution in [1.82, 2.24) is 29.1 Å². The van der Waals surface area contributed by atoms with E-state index >= 15 is 0 Å². The number of aromatic nitrogens is 6. The number of benzene rings is 3. The van der Waals surface area contributed by atoms with Crippen LogP contribution in [0.5, 0.6) is 5.75 Å². The maximum atomic E-state index is 14.7. The SMILES string of the molecule is C[C@H]([C@@H](C)O)n1ncn(-c2ccc(N3CCN(c4ccc(OC[C@](O)(Cn5cncn5)c5ccc(F)cc5F)cc4)CC3)cc2)c1=O. The van der Waals surface area contributed by atoms with Gasteiger partial charge in [-0.05, 0) is 68.4 Å². The van der Waals surface area contributed by atoms with Crippen LogP contribution in [0.25, 0.3) is 5.69 Å². The number of halogens is 2. The molecule has 0 saturated carbocycles. The normalized spacial score (nSPS) is 16.1. The van der Waals surface area contributed by atoms with Crippen LogP contribution in [-0.2, 0) is 12.1 Å². The van der Waals surface area contributed by atoms with Crippen LogP contribution in [0.4, 0.5) is 20.2 Å². The summed E-state index contributed by atoms with van der Waals surface area (Å²) < 4.78 is 38.3. The number of aliphatic hydroxyl groups excluding tert-OH is 1. The lowest BCUT2D eigenvalue weighted by Crippen LogP contribution is -2.46. The molecule has 0 spiro atoms. The summed E-state index contributed by atoms with van der Waals surface area (Å²) in [5.74, 6) is -1.14. The molecule has 0 radical (unpaired) electrons. The van der Waals surface area contributed by atoms with Crippen LogP contribution < -0.4 is 20.2 Å². The molecule has 14 heteroatoms. The molecule has 47 heavy (non-hydrogen) atoms. The molecule has 0 aliphatic carbocycles. The third-order valence-corrected chi connectivity index (χ3v) is 8.55. The smallest absolute Gasteiger partial charge is 0.350 e. The van der Waals surface area contributed by atoms with Crippen molar-refractivity contribution in [3.8, 4) is 11.4 Å². The van der Waals surface area contributed by atoms with E-state index in [-0.39, 0.29) is 24.4 Å². The average molecular weight is 647 g/mol. The van der Waals surface area contributed by atoms with Gasteiger partial charge in [0.25, 0.3) is 0 Å². The van der Waals surface area contributed by atoms with E-state index in [0.29, 0.717) is 11.4 Å². The fourth-order valence-electron chi connectivity index (χ4n) is 5.64. The number of aliphatic hydroxyl groups is 2. The van der Waals surface area contributed by atoms with Gasteiger partial charge in [0.2, 0.25) is 0 Å². The van der Waals surface area contributed by atoms with Gasteiger partial charge in [-0.3, -0.25) is 0 Å². The molecule has 0 amide bonds. The molecule has 6 rings (SSSR count). The van der Waals surface area contributed by atoms with Crippen molar-refractivity contribution in [2.75, 3.05) is 42.6 Å². The second-order valence-electron chi connectivity index (χ2n) is 11.7. The molecule has 12 nitrogen and oxygen atoms in total. The highest BCUT2D eigenvalue weighted by molar-refractivity contribution is 5.54. The molecule has 3 aromatic carbocycles. The molecule has 2 aromatic heterocycles. The second-order valence-corrected chi connectivity index (χ2v) is 11.7. The Bertz CT molecular complexity index is 1840. The van der Waals surface area contributed by atoms with Crippen LogP contribution >= 0.6 is 0 Å². The maximum Gasteiger partial charge on any atom is 0.350 e. The molecule has 0 unspecified atom stereocenters. The summed E-state index contributed by atoms with van der Waals surface area (Å²) in [5, 5.41) is 29.5. The standard InChI is InChI=1S/C33H36F2N8O4/c1-23(24(2)44)43-32(45)42(22-38-43)28-6-4-26(5-7-28)39-13-15-40(16-14-39)27-8-10-29(11-9-27)47-19-33(46,18-41-21-36-20-37-41)30-12-3-25(34)17-31(30)35/h3-12,17,20-24,44,46H,13-16,18-19H2,1-2H3/t23-,24-,33-/m1/s1. The Morgan fingerprint density at radius 1 is 0.872 bits per heavy atom. The lowest BCUT2D eigenvalue weighted by molar-refractivity contribution is -0.0297. The molecule has 1 aliphatic heterocycles. The number of hydrogen-bond donors (Lipinski definition) is 2. The topological polar surface area (TPSA) is 127 Å². The third kappa shape index (κ3) is 6.88. The summed E-state index contributed by atoms with van der Waals surface area (Å²) in [7, 11) is 0. The lowest BCUT2D eigenvalue weighted by atomic mass is 9.94. The first-order valence-electron chi connectivity index (χ1n) is 15.3. The number of rotatable bonds is 11. The fraction of sp³-hybridized carbons (Fsp3) is 0.333. The predicted molar refractivity (Wildman–Crippen MR) is 171 cm³/mol. The van der Waals surface area contributed by atoms with Gasteiger partial charge in [0.15, 0.2) is 0 Å². The highest BCUT2D eigenvalue weighted by atomic mass is 19.1. The first-order valence-corrected chi connectivity index (χ1v) is 15.3. The largest absolute Gasteiger partial charge is 0.490 e. The van der Waals surface area contributed by atoms with E-state index in [1.807, 2.05) is 36.4 Å². The summed E-state index contributed by atoms with van der Waals surface area (Å²) in [5.41, 5.74) is 0.506. The molecule has 0 bridgehead atoms. The quantitative estimate of drug-likeness (QED) is 0.223. The lowest BCUT2D eigenvalue weighted by Gasteiger charge is -2.37. The molecule has 3 heterocycles. The van der Waals surface area contributed by atoms with Gasteiger partial charge < -0.3 is 24.7 Å². The van der Waals surface area contributed by atoms with E-state index < -0.39 is 29.4 Å². The van der Waals surface area contributed by atoms with Crippen LogP contribution in [0.15, 0.2) is 90.5 Å². The maximum absolute atomic E-state index is 14.7. The van der Waals surface area contributed by atoms with Gasteiger partial charge in [0.1, 0.15) is 48.6 Å². The van der Waals surface area contributed by atoms with Crippen LogP contribution in [0.3, 0.4) is 0 Å². The zero-order valence-electron chi connectivity index (χ0n) is 26.0. The summed E-state index contributed by atoms with van der Waals surface area (Å²) in [6.07, 6.45) is 3.47. The average Bonchev–Trinajstić information content (AvgIpc) is 3.73. The van der Waals surface area contributed by atoms with Crippen molar-refractivity contribution in [1.29, 1.82) is 0 Å². The molecular weight excluding hydrogens is 610 g/mol. The molecule has 1 saturated heterocycles. The monoisotopic (exact) mass is 646 g/mol. The minimum Gasteiger partial charge on any atom is -0.490 e. The Morgan fingerprint density at radius 3 is 2.06 bits per heavy atom. The summed E-state index contributed by atoms with van der Waals surface area (Å²) in [4.78, 5) is 21.2. The number of piperazine rings is 1. The van der Waals surface area contributed by atoms with Crippen LogP contribution in [0.1, 0.15) is 25.5 Å². The summed E-state index contributed by atoms with van der Waals surface area (Å²) in [6.45, 7) is 6.08. The molecule has 246 valence electrons. The van der Waals surface area contributed by atoms with E-state index in [2.05, 4.69) is 25.0 Å². The Kier molecular flexibility index (Phi) is 9.05. The van der Waals surface area contributed by atoms with Gasteiger partial charge in [-0.25, -0.2) is 32.5 Å². The van der Waals surface area contributed by atoms with Crippen molar-refractivity contribution >= 4 is 11.4 Å². The Morgan fingerprint density at radius 2 is 1.49 bits per heavy atom. The van der Waals surface area contributed by atoms with Crippen LogP contribution in [-0.4, -0.2) is 78.2 Å². The molecule has 3 atom stereocenters. The number of hydrogen-bond acceptors (Lipinski definition) is 9. The highest BCUT2D eigenvalue weighted by Crippen LogP contribution is 2.29. The van der Waals surface area contributed by atoms with Crippen molar-refractivity contribution in [2.24, 2.45) is 0 Å². The molecule has 5 aromatic rings. The van der Waals surface area contributed by atoms with Crippen molar-refractivity contribution < 1.29 is 23.7 Å². The summed E-state index contributed by atoms with van der Waals surface area (Å²) >= 11 is 0. The fourth-order valence-corrected chi connectivity index (χ4v) is 5.64. The zero-order chi connectivity index (χ0) is 33.1. The first kappa shape index (κ1) is 31.9. The highest BCUT2D eigenvalue weighted by Gasteiger charge is 2.35. The van der Waals surface area contributed by atoms with Crippen LogP contribution in [0.2, 0.25) is 0 Å². The molecule has 1 aliphatic rings. The zero-order valence-corrected chi connectivity index (χ0v) is 26.0. The Labute approximate surface area is 269 Å². The number of ether oxygens (including phenoxy) is 1. The van der Waals surface area contributed by atoms with E-state index in [1.54, 1.807) is 26.0 Å². The van der Waals surface area contributed by atoms with Gasteiger partial charge in [-0.1, -0.05) is 6.07 Å². The molecule has 1 fully saturated rings. The molecular formula is C33H36F2N8O4. The van der Waals surface area contributed by atoms with E-state index in [9.17, 15) is 23.8 Å². The Hall–Kier alpha value is -5.08. The second kappa shape index (κ2) is 13.3. The predicted octanol–water partition coefficient (Wildman–Crippen LogP) is 3.14.